The molecule has 0 saturated carbocycles. The molecule has 0 N–H and O–H groups in total. The van der Waals surface area contributed by atoms with Gasteiger partial charge in [0.15, 0.2) is 0 Å². The molecule has 1 aliphatic heterocycles. The average Bonchev–Trinajstić information content (AvgIpc) is 2.48. The van der Waals surface area contributed by atoms with Crippen LogP contribution in [0.3, 0.4) is 0 Å². The van der Waals surface area contributed by atoms with Crippen LogP contribution in [0.15, 0.2) is 12.1 Å². The molecule has 1 aromatic heterocycles. The van der Waals surface area contributed by atoms with E-state index in [0.717, 1.165) is 19.6 Å². The molecule has 2 heterocycles. The Morgan fingerprint density at radius 2 is 1.93 bits per heavy atom. The lowest BCUT2D eigenvalue weighted by Crippen LogP contribution is -2.29. The van der Waals surface area contributed by atoms with Crippen molar-refractivity contribution in [3.8, 4) is 0 Å². The number of hydrogen-bond donors (Lipinski definition) is 0. The van der Waals surface area contributed by atoms with Crippen molar-refractivity contribution in [2.24, 2.45) is 5.92 Å². The van der Waals surface area contributed by atoms with Crippen LogP contribution >= 0.6 is 0 Å². The molecular weight excluding hydrogens is 174 g/mol. The molecule has 0 aliphatic carbocycles. The molecule has 78 valence electrons. The number of aryl methyl sites for hydroxylation is 2. The summed E-state index contributed by atoms with van der Waals surface area (Å²) in [4.78, 5) is 0. The van der Waals surface area contributed by atoms with Gasteiger partial charge in [-0.05, 0) is 32.4 Å². The standard InChI is InChI=1S/C12H19NO/c1-9-8-14-7-6-12(9)13-10(2)4-5-11(13)3/h4-5,9,12H,6-8H2,1-3H3. The van der Waals surface area contributed by atoms with E-state index < -0.39 is 0 Å². The second-order valence-corrected chi connectivity index (χ2v) is 4.39. The summed E-state index contributed by atoms with van der Waals surface area (Å²) in [6, 6.07) is 5.05. The van der Waals surface area contributed by atoms with Crippen LogP contribution < -0.4 is 0 Å². The minimum absolute atomic E-state index is 0.633. The van der Waals surface area contributed by atoms with Crippen molar-refractivity contribution in [2.75, 3.05) is 13.2 Å². The third-order valence-electron chi connectivity index (χ3n) is 3.25. The van der Waals surface area contributed by atoms with Gasteiger partial charge in [0.2, 0.25) is 0 Å². The van der Waals surface area contributed by atoms with Gasteiger partial charge >= 0.3 is 0 Å². The zero-order chi connectivity index (χ0) is 10.1. The summed E-state index contributed by atoms with van der Waals surface area (Å²) in [7, 11) is 0. The summed E-state index contributed by atoms with van der Waals surface area (Å²) in [5, 5.41) is 0. The van der Waals surface area contributed by atoms with Crippen LogP contribution in [-0.2, 0) is 4.74 Å². The number of ether oxygens (including phenoxy) is 1. The fraction of sp³-hybridized carbons (Fsp3) is 0.667. The minimum Gasteiger partial charge on any atom is -0.381 e. The molecule has 1 saturated heterocycles. The molecule has 1 aliphatic rings. The first-order chi connectivity index (χ1) is 6.70. The summed E-state index contributed by atoms with van der Waals surface area (Å²) >= 11 is 0. The van der Waals surface area contributed by atoms with E-state index in [4.69, 9.17) is 4.74 Å². The van der Waals surface area contributed by atoms with Gasteiger partial charge in [-0.15, -0.1) is 0 Å². The quantitative estimate of drug-likeness (QED) is 0.669. The average molecular weight is 193 g/mol. The van der Waals surface area contributed by atoms with Gasteiger partial charge in [-0.1, -0.05) is 6.92 Å². The Morgan fingerprint density at radius 1 is 1.29 bits per heavy atom. The zero-order valence-electron chi connectivity index (χ0n) is 9.29. The molecule has 2 nitrogen and oxygen atoms in total. The van der Waals surface area contributed by atoms with E-state index in [1.54, 1.807) is 0 Å². The van der Waals surface area contributed by atoms with Crippen molar-refractivity contribution >= 4 is 0 Å². The first-order valence-electron chi connectivity index (χ1n) is 5.42. The lowest BCUT2D eigenvalue weighted by molar-refractivity contribution is 0.0277. The SMILES string of the molecule is Cc1ccc(C)n1C1CCOCC1C. The van der Waals surface area contributed by atoms with Crippen LogP contribution in [0.5, 0.6) is 0 Å². The second-order valence-electron chi connectivity index (χ2n) is 4.39. The van der Waals surface area contributed by atoms with Gasteiger partial charge in [0, 0.05) is 30.0 Å². The maximum Gasteiger partial charge on any atom is 0.0511 e. The van der Waals surface area contributed by atoms with E-state index in [-0.39, 0.29) is 0 Å². The topological polar surface area (TPSA) is 14.2 Å². The first-order valence-corrected chi connectivity index (χ1v) is 5.42. The van der Waals surface area contributed by atoms with Crippen molar-refractivity contribution in [2.45, 2.75) is 33.2 Å². The highest BCUT2D eigenvalue weighted by Crippen LogP contribution is 2.29. The van der Waals surface area contributed by atoms with Gasteiger partial charge < -0.3 is 9.30 Å². The van der Waals surface area contributed by atoms with E-state index in [9.17, 15) is 0 Å². The molecule has 0 amide bonds. The molecule has 2 rings (SSSR count). The molecule has 2 heteroatoms. The smallest absolute Gasteiger partial charge is 0.0511 e. The number of hydrogen-bond acceptors (Lipinski definition) is 1. The van der Waals surface area contributed by atoms with E-state index in [1.165, 1.54) is 11.4 Å². The molecule has 0 spiro atoms. The number of rotatable bonds is 1. The Hall–Kier alpha value is -0.760. The predicted molar refractivity (Wildman–Crippen MR) is 57.5 cm³/mol. The lowest BCUT2D eigenvalue weighted by Gasteiger charge is -2.32. The van der Waals surface area contributed by atoms with E-state index >= 15 is 0 Å². The molecule has 1 aromatic rings. The van der Waals surface area contributed by atoms with Crippen LogP contribution in [0, 0.1) is 19.8 Å². The highest BCUT2D eigenvalue weighted by Gasteiger charge is 2.24. The summed E-state index contributed by atoms with van der Waals surface area (Å²) in [6.07, 6.45) is 1.15. The Balaban J connectivity index is 2.28. The molecule has 2 unspecified atom stereocenters. The normalized spacial score (nSPS) is 27.9. The Kier molecular flexibility index (Phi) is 2.64. The third kappa shape index (κ3) is 1.59. The third-order valence-corrected chi connectivity index (χ3v) is 3.25. The van der Waals surface area contributed by atoms with Crippen LogP contribution in [0.25, 0.3) is 0 Å². The highest BCUT2D eigenvalue weighted by molar-refractivity contribution is 5.15. The maximum atomic E-state index is 5.48. The lowest BCUT2D eigenvalue weighted by atomic mass is 9.97. The Morgan fingerprint density at radius 3 is 2.50 bits per heavy atom. The van der Waals surface area contributed by atoms with Crippen LogP contribution in [0.1, 0.15) is 30.8 Å². The van der Waals surface area contributed by atoms with Crippen molar-refractivity contribution in [1.29, 1.82) is 0 Å². The first kappa shape index (κ1) is 9.78. The van der Waals surface area contributed by atoms with E-state index in [0.29, 0.717) is 12.0 Å². The van der Waals surface area contributed by atoms with Crippen LogP contribution in [0.4, 0.5) is 0 Å². The largest absolute Gasteiger partial charge is 0.381 e. The summed E-state index contributed by atoms with van der Waals surface area (Å²) in [5.41, 5.74) is 2.75. The summed E-state index contributed by atoms with van der Waals surface area (Å²) in [5.74, 6) is 0.633. The van der Waals surface area contributed by atoms with Crippen molar-refractivity contribution in [3.63, 3.8) is 0 Å². The monoisotopic (exact) mass is 193 g/mol. The summed E-state index contributed by atoms with van der Waals surface area (Å²) < 4.78 is 7.94. The minimum atomic E-state index is 0.633. The van der Waals surface area contributed by atoms with Crippen molar-refractivity contribution in [1.82, 2.24) is 4.57 Å². The molecule has 1 fully saturated rings. The fourth-order valence-corrected chi connectivity index (χ4v) is 2.46. The highest BCUT2D eigenvalue weighted by atomic mass is 16.5. The van der Waals surface area contributed by atoms with Crippen molar-refractivity contribution < 1.29 is 4.74 Å². The van der Waals surface area contributed by atoms with Gasteiger partial charge in [-0.25, -0.2) is 0 Å². The maximum absolute atomic E-state index is 5.48. The molecule has 2 atom stereocenters. The number of aromatic nitrogens is 1. The molecule has 0 bridgehead atoms. The van der Waals surface area contributed by atoms with Gasteiger partial charge in [-0.2, -0.15) is 0 Å². The molecule has 0 aromatic carbocycles. The molecular formula is C12H19NO. The molecule has 0 radical (unpaired) electrons. The van der Waals surface area contributed by atoms with Crippen LogP contribution in [0.2, 0.25) is 0 Å². The van der Waals surface area contributed by atoms with E-state index in [2.05, 4.69) is 37.5 Å². The predicted octanol–water partition coefficient (Wildman–Crippen LogP) is 2.70. The fourth-order valence-electron chi connectivity index (χ4n) is 2.46. The van der Waals surface area contributed by atoms with E-state index in [1.807, 2.05) is 0 Å². The van der Waals surface area contributed by atoms with Crippen LogP contribution in [-0.4, -0.2) is 17.8 Å². The Labute approximate surface area is 85.9 Å². The van der Waals surface area contributed by atoms with Gasteiger partial charge in [0.25, 0.3) is 0 Å². The van der Waals surface area contributed by atoms with Gasteiger partial charge in [-0.3, -0.25) is 0 Å². The Bertz CT molecular complexity index is 297. The number of nitrogens with zero attached hydrogens (tertiary/aromatic N) is 1. The van der Waals surface area contributed by atoms with Gasteiger partial charge in [0.05, 0.1) is 6.61 Å². The zero-order valence-corrected chi connectivity index (χ0v) is 9.29. The summed E-state index contributed by atoms with van der Waals surface area (Å²) in [6.45, 7) is 8.47. The molecule has 14 heavy (non-hydrogen) atoms. The van der Waals surface area contributed by atoms with Crippen molar-refractivity contribution in [3.05, 3.63) is 23.5 Å². The second kappa shape index (κ2) is 3.77. The van der Waals surface area contributed by atoms with Gasteiger partial charge in [0.1, 0.15) is 0 Å².